The number of ether oxygens (including phenoxy) is 1. The first-order chi connectivity index (χ1) is 15.4. The fourth-order valence-electron chi connectivity index (χ4n) is 3.29. The second-order valence-electron chi connectivity index (χ2n) is 7.30. The maximum atomic E-state index is 12.2. The topological polar surface area (TPSA) is 69.9 Å². The van der Waals surface area contributed by atoms with Crippen LogP contribution in [0.3, 0.4) is 0 Å². The zero-order chi connectivity index (χ0) is 22.7. The molecule has 0 aliphatic heterocycles. The monoisotopic (exact) mass is 444 g/mol. The Bertz CT molecular complexity index is 1350. The van der Waals surface area contributed by atoms with Crippen molar-refractivity contribution < 1.29 is 9.53 Å². The van der Waals surface area contributed by atoms with Crippen molar-refractivity contribution in [3.63, 3.8) is 0 Å². The van der Waals surface area contributed by atoms with Crippen LogP contribution in [0.4, 0.5) is 0 Å². The van der Waals surface area contributed by atoms with Crippen LogP contribution in [0.1, 0.15) is 22.4 Å². The van der Waals surface area contributed by atoms with Crippen LogP contribution in [0.5, 0.6) is 11.6 Å². The zero-order valence-electron chi connectivity index (χ0n) is 17.9. The fourth-order valence-corrected chi connectivity index (χ4v) is 3.52. The number of carbonyl (C=O) groups excluding carboxylic acids is 1. The Labute approximate surface area is 190 Å². The van der Waals surface area contributed by atoms with Gasteiger partial charge in [-0.2, -0.15) is 5.10 Å². The molecule has 0 aliphatic carbocycles. The minimum Gasteiger partial charge on any atom is -0.438 e. The van der Waals surface area contributed by atoms with Gasteiger partial charge >= 0.3 is 0 Å². The number of carbonyl (C=O) groups is 1. The lowest BCUT2D eigenvalue weighted by Gasteiger charge is -2.08. The minimum absolute atomic E-state index is 0.146. The zero-order valence-corrected chi connectivity index (χ0v) is 18.7. The number of benzene rings is 2. The van der Waals surface area contributed by atoms with E-state index < -0.39 is 0 Å². The molecule has 0 saturated heterocycles. The van der Waals surface area contributed by atoms with Crippen LogP contribution >= 0.6 is 11.6 Å². The van der Waals surface area contributed by atoms with Gasteiger partial charge in [0.1, 0.15) is 17.2 Å². The van der Waals surface area contributed by atoms with Crippen LogP contribution < -0.4 is 4.74 Å². The van der Waals surface area contributed by atoms with E-state index in [4.69, 9.17) is 16.3 Å². The van der Waals surface area contributed by atoms with Gasteiger partial charge in [0.2, 0.25) is 5.88 Å². The smallest absolute Gasteiger partial charge is 0.230 e. The number of para-hydroxylation sites is 1. The molecule has 0 aliphatic rings. The van der Waals surface area contributed by atoms with Crippen molar-refractivity contribution in [1.82, 2.24) is 19.7 Å². The Kier molecular flexibility index (Phi) is 6.14. The first-order valence-corrected chi connectivity index (χ1v) is 10.4. The number of hydrogen-bond donors (Lipinski definition) is 0. The van der Waals surface area contributed by atoms with Gasteiger partial charge in [-0.25, -0.2) is 9.97 Å². The molecule has 0 fully saturated rings. The molecule has 2 heterocycles. The maximum absolute atomic E-state index is 12.2. The van der Waals surface area contributed by atoms with Crippen molar-refractivity contribution in [2.24, 2.45) is 7.05 Å². The quantitative estimate of drug-likeness (QED) is 0.355. The lowest BCUT2D eigenvalue weighted by Crippen LogP contribution is -1.92. The Balaban J connectivity index is 1.44. The third-order valence-electron chi connectivity index (χ3n) is 4.98. The van der Waals surface area contributed by atoms with E-state index in [1.165, 1.54) is 18.5 Å². The average molecular weight is 445 g/mol. The molecule has 0 radical (unpaired) electrons. The van der Waals surface area contributed by atoms with E-state index in [0.717, 1.165) is 33.3 Å². The summed E-state index contributed by atoms with van der Waals surface area (Å²) in [6.45, 7) is 3.85. The van der Waals surface area contributed by atoms with E-state index in [1.807, 2.05) is 56.3 Å². The number of aryl methyl sites for hydroxylation is 3. The first-order valence-electron chi connectivity index (χ1n) is 10.00. The van der Waals surface area contributed by atoms with Gasteiger partial charge in [-0.1, -0.05) is 41.9 Å². The molecule has 0 atom stereocenters. The van der Waals surface area contributed by atoms with Crippen molar-refractivity contribution >= 4 is 40.4 Å². The van der Waals surface area contributed by atoms with Crippen molar-refractivity contribution in [3.05, 3.63) is 88.5 Å². The fraction of sp³-hybridized carbons (Fsp3) is 0.120. The molecular weight excluding hydrogens is 424 g/mol. The van der Waals surface area contributed by atoms with Crippen molar-refractivity contribution in [3.8, 4) is 11.6 Å². The van der Waals surface area contributed by atoms with Crippen molar-refractivity contribution in [2.45, 2.75) is 13.8 Å². The van der Waals surface area contributed by atoms with Gasteiger partial charge in [0.15, 0.2) is 5.78 Å². The molecule has 160 valence electrons. The molecule has 4 rings (SSSR count). The Hall–Kier alpha value is -3.77. The molecular formula is C25H21ClN4O2. The summed E-state index contributed by atoms with van der Waals surface area (Å²) in [5.74, 6) is 1.01. The normalized spacial score (nSPS) is 11.6. The molecule has 2 aromatic carbocycles. The number of hydrogen-bond acceptors (Lipinski definition) is 5. The largest absolute Gasteiger partial charge is 0.438 e. The molecule has 32 heavy (non-hydrogen) atoms. The number of rotatable bonds is 6. The molecule has 0 bridgehead atoms. The number of ketones is 1. The van der Waals surface area contributed by atoms with Gasteiger partial charge in [-0.3, -0.25) is 9.48 Å². The number of allylic oxidation sites excluding steroid dienone is 2. The predicted octanol–water partition coefficient (Wildman–Crippen LogP) is 5.72. The van der Waals surface area contributed by atoms with Crippen molar-refractivity contribution in [1.29, 1.82) is 0 Å². The van der Waals surface area contributed by atoms with E-state index in [9.17, 15) is 4.79 Å². The van der Waals surface area contributed by atoms with Gasteiger partial charge in [-0.15, -0.1) is 0 Å². The average Bonchev–Trinajstić information content (AvgIpc) is 3.03. The van der Waals surface area contributed by atoms with Crippen LogP contribution in [0.25, 0.3) is 23.1 Å². The highest BCUT2D eigenvalue weighted by Crippen LogP contribution is 2.28. The van der Waals surface area contributed by atoms with Gasteiger partial charge in [0, 0.05) is 12.6 Å². The number of nitrogens with zero attached hydrogens (tertiary/aromatic N) is 4. The summed E-state index contributed by atoms with van der Waals surface area (Å²) in [5.41, 5.74) is 4.32. The summed E-state index contributed by atoms with van der Waals surface area (Å²) in [4.78, 5) is 20.8. The SMILES string of the molecule is Cc1nn(C)c(Cl)c1/C=C/C(=O)/C=C/c1ccc(Oc2ncnc3c(C)cccc23)cc1. The minimum atomic E-state index is -0.146. The lowest BCUT2D eigenvalue weighted by molar-refractivity contribution is -0.110. The van der Waals surface area contributed by atoms with Crippen molar-refractivity contribution in [2.75, 3.05) is 0 Å². The third-order valence-corrected chi connectivity index (χ3v) is 5.42. The number of halogens is 1. The van der Waals surface area contributed by atoms with E-state index >= 15 is 0 Å². The molecule has 4 aromatic rings. The van der Waals surface area contributed by atoms with E-state index in [1.54, 1.807) is 23.9 Å². The molecule has 6 nitrogen and oxygen atoms in total. The summed E-state index contributed by atoms with van der Waals surface area (Å²) < 4.78 is 7.54. The summed E-state index contributed by atoms with van der Waals surface area (Å²) in [6.07, 6.45) is 7.92. The summed E-state index contributed by atoms with van der Waals surface area (Å²) in [5, 5.41) is 5.58. The standard InChI is InChI=1S/C25H21ClN4O2/c1-16-5-4-6-22-23(16)27-15-28-25(22)32-20-12-8-18(9-13-20)7-10-19(31)11-14-21-17(2)29-30(3)24(21)26/h4-15H,1-3H3/b10-7+,14-11+. The number of aromatic nitrogens is 4. The molecule has 0 saturated carbocycles. The second kappa shape index (κ2) is 9.16. The van der Waals surface area contributed by atoms with Crippen LogP contribution in [0.15, 0.2) is 60.9 Å². The highest BCUT2D eigenvalue weighted by Gasteiger charge is 2.09. The van der Waals surface area contributed by atoms with Crippen LogP contribution in [0, 0.1) is 13.8 Å². The highest BCUT2D eigenvalue weighted by molar-refractivity contribution is 6.31. The van der Waals surface area contributed by atoms with Crippen LogP contribution in [-0.2, 0) is 11.8 Å². The van der Waals surface area contributed by atoms with E-state index in [0.29, 0.717) is 16.8 Å². The van der Waals surface area contributed by atoms with Gasteiger partial charge in [0.25, 0.3) is 0 Å². The predicted molar refractivity (Wildman–Crippen MR) is 127 cm³/mol. The summed E-state index contributed by atoms with van der Waals surface area (Å²) in [6, 6.07) is 13.3. The molecule has 2 aromatic heterocycles. The van der Waals surface area contributed by atoms with E-state index in [2.05, 4.69) is 15.1 Å². The van der Waals surface area contributed by atoms with Crippen LogP contribution in [0.2, 0.25) is 5.15 Å². The lowest BCUT2D eigenvalue weighted by atomic mass is 10.1. The molecule has 0 amide bonds. The van der Waals surface area contributed by atoms with E-state index in [-0.39, 0.29) is 5.78 Å². The molecule has 0 N–H and O–H groups in total. The Morgan fingerprint density at radius 2 is 1.78 bits per heavy atom. The van der Waals surface area contributed by atoms with Gasteiger partial charge in [0.05, 0.1) is 16.6 Å². The third kappa shape index (κ3) is 4.60. The Morgan fingerprint density at radius 1 is 1.03 bits per heavy atom. The molecule has 7 heteroatoms. The molecule has 0 spiro atoms. The Morgan fingerprint density at radius 3 is 2.50 bits per heavy atom. The summed E-state index contributed by atoms with van der Waals surface area (Å²) in [7, 11) is 1.76. The first kappa shape index (κ1) is 21.5. The number of fused-ring (bicyclic) bond motifs is 1. The van der Waals surface area contributed by atoms with Crippen LogP contribution in [-0.4, -0.2) is 25.5 Å². The second-order valence-corrected chi connectivity index (χ2v) is 7.66. The van der Waals surface area contributed by atoms with Gasteiger partial charge < -0.3 is 4.74 Å². The maximum Gasteiger partial charge on any atom is 0.230 e. The highest BCUT2D eigenvalue weighted by atomic mass is 35.5. The molecule has 0 unspecified atom stereocenters. The van der Waals surface area contributed by atoms with Gasteiger partial charge in [-0.05, 0) is 61.4 Å². The summed E-state index contributed by atoms with van der Waals surface area (Å²) >= 11 is 6.18.